The number of aromatic nitrogens is 4. The van der Waals surface area contributed by atoms with Crippen LogP contribution in [0.1, 0.15) is 25.3 Å². The highest BCUT2D eigenvalue weighted by Crippen LogP contribution is 2.28. The average Bonchev–Trinajstić information content (AvgIpc) is 3.05. The highest BCUT2D eigenvalue weighted by atomic mass is 32.1. The van der Waals surface area contributed by atoms with E-state index in [2.05, 4.69) is 52.6 Å². The summed E-state index contributed by atoms with van der Waals surface area (Å²) < 4.78 is 10.2. The second-order valence-corrected chi connectivity index (χ2v) is 7.63. The van der Waals surface area contributed by atoms with Crippen molar-refractivity contribution >= 4 is 12.2 Å². The molecule has 0 bridgehead atoms. The van der Waals surface area contributed by atoms with E-state index in [9.17, 15) is 0 Å². The Hall–Kier alpha value is -2.35. The van der Waals surface area contributed by atoms with Crippen LogP contribution in [0.15, 0.2) is 48.8 Å². The molecule has 1 aromatic carbocycles. The van der Waals surface area contributed by atoms with Gasteiger partial charge in [0.15, 0.2) is 5.82 Å². The van der Waals surface area contributed by atoms with Crippen molar-refractivity contribution in [3.63, 3.8) is 0 Å². The van der Waals surface area contributed by atoms with E-state index in [1.807, 2.05) is 23.0 Å². The molecule has 7 heteroatoms. The molecule has 0 atom stereocenters. The van der Waals surface area contributed by atoms with E-state index >= 15 is 0 Å². The summed E-state index contributed by atoms with van der Waals surface area (Å²) in [4.78, 5) is 6.60. The molecule has 0 unspecified atom stereocenters. The first-order valence-electron chi connectivity index (χ1n) is 9.65. The van der Waals surface area contributed by atoms with E-state index in [0.717, 1.165) is 43.4 Å². The first kappa shape index (κ1) is 19.0. The normalized spacial score (nSPS) is 15.2. The molecule has 1 saturated heterocycles. The zero-order chi connectivity index (χ0) is 19.5. The number of para-hydroxylation sites is 1. The highest BCUT2D eigenvalue weighted by molar-refractivity contribution is 7.71. The van der Waals surface area contributed by atoms with Gasteiger partial charge >= 0.3 is 0 Å². The van der Waals surface area contributed by atoms with Crippen molar-refractivity contribution < 1.29 is 4.74 Å². The third-order valence-electron chi connectivity index (χ3n) is 5.00. The molecule has 28 heavy (non-hydrogen) atoms. The first-order valence-corrected chi connectivity index (χ1v) is 10.1. The van der Waals surface area contributed by atoms with Crippen LogP contribution < -0.4 is 0 Å². The topological polar surface area (TPSA) is 48.1 Å². The third-order valence-corrected chi connectivity index (χ3v) is 5.39. The van der Waals surface area contributed by atoms with E-state index in [0.29, 0.717) is 17.4 Å². The largest absolute Gasteiger partial charge is 0.379 e. The van der Waals surface area contributed by atoms with Gasteiger partial charge < -0.3 is 4.74 Å². The molecule has 3 aromatic rings. The van der Waals surface area contributed by atoms with E-state index in [4.69, 9.17) is 22.1 Å². The van der Waals surface area contributed by atoms with Crippen LogP contribution in [0.25, 0.3) is 17.1 Å². The highest BCUT2D eigenvalue weighted by Gasteiger charge is 2.20. The van der Waals surface area contributed by atoms with Crippen LogP contribution in [0, 0.1) is 4.77 Å². The van der Waals surface area contributed by atoms with Crippen molar-refractivity contribution in [3.8, 4) is 17.1 Å². The quantitative estimate of drug-likeness (QED) is 0.614. The maximum Gasteiger partial charge on any atom is 0.204 e. The first-order chi connectivity index (χ1) is 13.6. The summed E-state index contributed by atoms with van der Waals surface area (Å²) in [5.41, 5.74) is 3.28. The summed E-state index contributed by atoms with van der Waals surface area (Å²) in [7, 11) is 0. The summed E-state index contributed by atoms with van der Waals surface area (Å²) in [6.45, 7) is 8.33. The molecule has 0 amide bonds. The Balaban J connectivity index is 1.85. The number of hydrogen-bond donors (Lipinski definition) is 0. The molecule has 3 heterocycles. The number of ether oxygens (including phenoxy) is 1. The SMILES string of the molecule is CC(C)c1ccccc1-n1c(-c2cccnc2)nn(CN2CCOCC2)c1=S. The van der Waals surface area contributed by atoms with Gasteiger partial charge in [-0.25, -0.2) is 4.68 Å². The van der Waals surface area contributed by atoms with Gasteiger partial charge in [0, 0.05) is 31.0 Å². The summed E-state index contributed by atoms with van der Waals surface area (Å²) >= 11 is 5.89. The number of pyridine rings is 1. The molecule has 4 rings (SSSR count). The van der Waals surface area contributed by atoms with Crippen molar-refractivity contribution in [3.05, 3.63) is 59.1 Å². The second-order valence-electron chi connectivity index (χ2n) is 7.27. The number of rotatable bonds is 5. The van der Waals surface area contributed by atoms with E-state index < -0.39 is 0 Å². The molecule has 6 nitrogen and oxygen atoms in total. The van der Waals surface area contributed by atoms with Crippen LogP contribution in [0.5, 0.6) is 0 Å². The van der Waals surface area contributed by atoms with Crippen LogP contribution in [0.2, 0.25) is 0 Å². The van der Waals surface area contributed by atoms with Crippen LogP contribution in [-0.2, 0) is 11.4 Å². The lowest BCUT2D eigenvalue weighted by Crippen LogP contribution is -2.37. The van der Waals surface area contributed by atoms with Gasteiger partial charge in [-0.2, -0.15) is 0 Å². The van der Waals surface area contributed by atoms with Crippen LogP contribution in [0.4, 0.5) is 0 Å². The maximum atomic E-state index is 5.89. The number of benzene rings is 1. The summed E-state index contributed by atoms with van der Waals surface area (Å²) in [6.07, 6.45) is 3.61. The van der Waals surface area contributed by atoms with E-state index in [1.54, 1.807) is 6.20 Å². The van der Waals surface area contributed by atoms with Crippen molar-refractivity contribution in [2.45, 2.75) is 26.4 Å². The second kappa shape index (κ2) is 8.34. The summed E-state index contributed by atoms with van der Waals surface area (Å²) in [5, 5.41) is 4.90. The zero-order valence-corrected chi connectivity index (χ0v) is 17.1. The predicted octanol–water partition coefficient (Wildman–Crippen LogP) is 3.88. The predicted molar refractivity (Wildman–Crippen MR) is 112 cm³/mol. The molecule has 1 fully saturated rings. The Labute approximate surface area is 170 Å². The number of hydrogen-bond acceptors (Lipinski definition) is 5. The Morgan fingerprint density at radius 3 is 2.61 bits per heavy atom. The lowest BCUT2D eigenvalue weighted by molar-refractivity contribution is 0.0210. The van der Waals surface area contributed by atoms with Gasteiger partial charge in [-0.1, -0.05) is 32.0 Å². The van der Waals surface area contributed by atoms with Gasteiger partial charge in [-0.15, -0.1) is 5.10 Å². The number of nitrogens with zero attached hydrogens (tertiary/aromatic N) is 5. The van der Waals surface area contributed by atoms with Crippen molar-refractivity contribution in [2.75, 3.05) is 26.3 Å². The van der Waals surface area contributed by atoms with Crippen LogP contribution in [-0.4, -0.2) is 50.5 Å². The molecular formula is C21H25N5OS. The minimum absolute atomic E-state index is 0.377. The molecule has 1 aliphatic rings. The zero-order valence-electron chi connectivity index (χ0n) is 16.3. The number of morpholine rings is 1. The summed E-state index contributed by atoms with van der Waals surface area (Å²) in [6, 6.07) is 12.4. The molecule has 0 N–H and O–H groups in total. The lowest BCUT2D eigenvalue weighted by atomic mass is 10.0. The molecule has 0 saturated carbocycles. The minimum Gasteiger partial charge on any atom is -0.379 e. The van der Waals surface area contributed by atoms with Gasteiger partial charge in [-0.05, 0) is 41.9 Å². The Morgan fingerprint density at radius 2 is 1.89 bits per heavy atom. The molecule has 0 spiro atoms. The molecule has 1 aliphatic heterocycles. The Kier molecular flexibility index (Phi) is 5.66. The van der Waals surface area contributed by atoms with Gasteiger partial charge in [0.05, 0.1) is 25.6 Å². The van der Waals surface area contributed by atoms with Gasteiger partial charge in [0.1, 0.15) is 0 Å². The lowest BCUT2D eigenvalue weighted by Gasteiger charge is -2.26. The Morgan fingerprint density at radius 1 is 1.11 bits per heavy atom. The molecule has 146 valence electrons. The van der Waals surface area contributed by atoms with Crippen LogP contribution >= 0.6 is 12.2 Å². The monoisotopic (exact) mass is 395 g/mol. The van der Waals surface area contributed by atoms with Crippen molar-refractivity contribution in [1.82, 2.24) is 24.2 Å². The average molecular weight is 396 g/mol. The third kappa shape index (κ3) is 3.78. The maximum absolute atomic E-state index is 5.89. The van der Waals surface area contributed by atoms with E-state index in [-0.39, 0.29) is 0 Å². The van der Waals surface area contributed by atoms with Gasteiger partial charge in [-0.3, -0.25) is 14.5 Å². The fourth-order valence-corrected chi connectivity index (χ4v) is 3.79. The van der Waals surface area contributed by atoms with Crippen LogP contribution in [0.3, 0.4) is 0 Å². The molecular weight excluding hydrogens is 370 g/mol. The molecule has 0 radical (unpaired) electrons. The van der Waals surface area contributed by atoms with Crippen molar-refractivity contribution in [1.29, 1.82) is 0 Å². The van der Waals surface area contributed by atoms with E-state index in [1.165, 1.54) is 5.56 Å². The Bertz CT molecular complexity index is 990. The minimum atomic E-state index is 0.377. The fraction of sp³-hybridized carbons (Fsp3) is 0.381. The standard InChI is InChI=1S/C21H25N5OS/c1-16(2)18-7-3-4-8-19(18)26-20(17-6-5-9-22-14-17)23-25(21(26)28)15-24-10-12-27-13-11-24/h3-9,14,16H,10-13,15H2,1-2H3. The molecule has 0 aliphatic carbocycles. The molecule has 2 aromatic heterocycles. The van der Waals surface area contributed by atoms with Crippen molar-refractivity contribution in [2.24, 2.45) is 0 Å². The van der Waals surface area contributed by atoms with Gasteiger partial charge in [0.25, 0.3) is 0 Å². The fourth-order valence-electron chi connectivity index (χ4n) is 3.51. The summed E-state index contributed by atoms with van der Waals surface area (Å²) in [5.74, 6) is 1.20. The van der Waals surface area contributed by atoms with Gasteiger partial charge in [0.2, 0.25) is 4.77 Å². The smallest absolute Gasteiger partial charge is 0.204 e.